The highest BCUT2D eigenvalue weighted by atomic mass is 32.2. The average molecular weight is 314 g/mol. The molecule has 21 heavy (non-hydrogen) atoms. The minimum absolute atomic E-state index is 0.0228. The lowest BCUT2D eigenvalue weighted by Gasteiger charge is -2.08. The Hall–Kier alpha value is -1.93. The molecule has 0 aliphatic heterocycles. The molecule has 1 rings (SSSR count). The van der Waals surface area contributed by atoms with E-state index in [1.54, 1.807) is 0 Å². The van der Waals surface area contributed by atoms with Gasteiger partial charge in [0.25, 0.3) is 5.91 Å². The van der Waals surface area contributed by atoms with E-state index < -0.39 is 28.5 Å². The van der Waals surface area contributed by atoms with Crippen LogP contribution in [0.1, 0.15) is 23.7 Å². The van der Waals surface area contributed by atoms with Crippen LogP contribution in [-0.4, -0.2) is 40.5 Å². The van der Waals surface area contributed by atoms with E-state index in [0.717, 1.165) is 0 Å². The van der Waals surface area contributed by atoms with Crippen molar-refractivity contribution in [1.29, 1.82) is 0 Å². The molecule has 0 spiro atoms. The van der Waals surface area contributed by atoms with E-state index in [1.165, 1.54) is 31.3 Å². The molecule has 7 nitrogen and oxygen atoms in total. The molecule has 0 unspecified atom stereocenters. The van der Waals surface area contributed by atoms with Gasteiger partial charge in [-0.3, -0.25) is 4.79 Å². The molecule has 1 aromatic carbocycles. The Labute approximate surface area is 123 Å². The number of carbonyl (C=O) groups is 2. The number of benzene rings is 1. The minimum Gasteiger partial charge on any atom is -0.452 e. The number of nitrogens with one attached hydrogen (secondary N) is 2. The van der Waals surface area contributed by atoms with Crippen LogP contribution in [0.2, 0.25) is 0 Å². The minimum atomic E-state index is -3.65. The molecule has 116 valence electrons. The molecule has 1 aromatic rings. The van der Waals surface area contributed by atoms with E-state index in [9.17, 15) is 18.0 Å². The molecular formula is C13H18N2O5S. The zero-order valence-electron chi connectivity index (χ0n) is 11.9. The Morgan fingerprint density at radius 1 is 1.29 bits per heavy atom. The van der Waals surface area contributed by atoms with Crippen LogP contribution in [-0.2, 0) is 19.6 Å². The van der Waals surface area contributed by atoms with Crippen molar-refractivity contribution in [3.05, 3.63) is 29.8 Å². The van der Waals surface area contributed by atoms with Gasteiger partial charge < -0.3 is 10.1 Å². The Morgan fingerprint density at radius 3 is 2.62 bits per heavy atom. The van der Waals surface area contributed by atoms with Gasteiger partial charge in [-0.2, -0.15) is 0 Å². The predicted octanol–water partition coefficient (Wildman–Crippen LogP) is 0.278. The van der Waals surface area contributed by atoms with Gasteiger partial charge in [-0.25, -0.2) is 17.9 Å². The number of esters is 1. The third-order valence-electron chi connectivity index (χ3n) is 2.54. The highest BCUT2D eigenvalue weighted by Crippen LogP contribution is 2.12. The van der Waals surface area contributed by atoms with Crippen molar-refractivity contribution >= 4 is 21.9 Å². The second kappa shape index (κ2) is 7.75. The summed E-state index contributed by atoms with van der Waals surface area (Å²) in [6.45, 7) is 1.74. The lowest BCUT2D eigenvalue weighted by Crippen LogP contribution is -2.26. The maximum atomic E-state index is 12.0. The van der Waals surface area contributed by atoms with Crippen LogP contribution in [0.25, 0.3) is 0 Å². The number of ether oxygens (including phenoxy) is 1. The number of hydrogen-bond donors (Lipinski definition) is 2. The lowest BCUT2D eigenvalue weighted by molar-refractivity contribution is -0.123. The topological polar surface area (TPSA) is 102 Å². The first kappa shape index (κ1) is 17.1. The summed E-state index contributed by atoms with van der Waals surface area (Å²) < 4.78 is 31.1. The van der Waals surface area contributed by atoms with Crippen LogP contribution in [0, 0.1) is 0 Å². The smallest absolute Gasteiger partial charge is 0.338 e. The van der Waals surface area contributed by atoms with Gasteiger partial charge in [-0.15, -0.1) is 0 Å². The molecular weight excluding hydrogens is 296 g/mol. The summed E-state index contributed by atoms with van der Waals surface area (Å²) >= 11 is 0. The fourth-order valence-corrected chi connectivity index (χ4v) is 2.58. The lowest BCUT2D eigenvalue weighted by atomic mass is 10.2. The van der Waals surface area contributed by atoms with Gasteiger partial charge in [0, 0.05) is 13.6 Å². The van der Waals surface area contributed by atoms with E-state index in [2.05, 4.69) is 10.0 Å². The Bertz CT molecular complexity index is 613. The maximum absolute atomic E-state index is 12.0. The first-order valence-electron chi connectivity index (χ1n) is 6.38. The standard InChI is InChI=1S/C13H18N2O5S/c1-3-7-15-21(18,19)11-6-4-5-10(8-11)13(17)20-9-12(16)14-2/h4-6,8,15H,3,7,9H2,1-2H3,(H,14,16). The van der Waals surface area contributed by atoms with Crippen molar-refractivity contribution in [3.63, 3.8) is 0 Å². The molecule has 1 amide bonds. The highest BCUT2D eigenvalue weighted by molar-refractivity contribution is 7.89. The van der Waals surface area contributed by atoms with Crippen molar-refractivity contribution in [2.75, 3.05) is 20.2 Å². The second-order valence-electron chi connectivity index (χ2n) is 4.17. The van der Waals surface area contributed by atoms with Gasteiger partial charge in [-0.1, -0.05) is 13.0 Å². The summed E-state index contributed by atoms with van der Waals surface area (Å²) in [6.07, 6.45) is 0.660. The van der Waals surface area contributed by atoms with Gasteiger partial charge in [0.2, 0.25) is 10.0 Å². The van der Waals surface area contributed by atoms with Crippen LogP contribution < -0.4 is 10.0 Å². The summed E-state index contributed by atoms with van der Waals surface area (Å²) in [5, 5.41) is 2.31. The summed E-state index contributed by atoms with van der Waals surface area (Å²) in [6, 6.07) is 5.46. The first-order chi connectivity index (χ1) is 9.90. The third kappa shape index (κ3) is 5.16. The van der Waals surface area contributed by atoms with E-state index in [-0.39, 0.29) is 10.5 Å². The highest BCUT2D eigenvalue weighted by Gasteiger charge is 2.16. The predicted molar refractivity (Wildman–Crippen MR) is 76.3 cm³/mol. The van der Waals surface area contributed by atoms with E-state index in [4.69, 9.17) is 4.74 Å². The van der Waals surface area contributed by atoms with Crippen LogP contribution in [0.3, 0.4) is 0 Å². The van der Waals surface area contributed by atoms with E-state index in [1.807, 2.05) is 6.92 Å². The molecule has 0 saturated carbocycles. The van der Waals surface area contributed by atoms with Crippen LogP contribution in [0.5, 0.6) is 0 Å². The van der Waals surface area contributed by atoms with Crippen LogP contribution in [0.15, 0.2) is 29.2 Å². The molecule has 0 aliphatic carbocycles. The van der Waals surface area contributed by atoms with Gasteiger partial charge in [-0.05, 0) is 24.6 Å². The number of likely N-dealkylation sites (N-methyl/N-ethyl adjacent to an activating group) is 1. The van der Waals surface area contributed by atoms with Crippen molar-refractivity contribution in [3.8, 4) is 0 Å². The normalized spacial score (nSPS) is 11.0. The molecule has 0 radical (unpaired) electrons. The third-order valence-corrected chi connectivity index (χ3v) is 3.99. The zero-order valence-corrected chi connectivity index (χ0v) is 12.7. The number of sulfonamides is 1. The number of amides is 1. The van der Waals surface area contributed by atoms with Crippen molar-refractivity contribution in [1.82, 2.24) is 10.0 Å². The molecule has 0 bridgehead atoms. The van der Waals surface area contributed by atoms with Crippen LogP contribution >= 0.6 is 0 Å². The summed E-state index contributed by atoms with van der Waals surface area (Å²) in [5.41, 5.74) is 0.0678. The Balaban J connectivity index is 2.85. The fourth-order valence-electron chi connectivity index (χ4n) is 1.40. The molecule has 0 aromatic heterocycles. The fraction of sp³-hybridized carbons (Fsp3) is 0.385. The largest absolute Gasteiger partial charge is 0.452 e. The average Bonchev–Trinajstić information content (AvgIpc) is 2.50. The quantitative estimate of drug-likeness (QED) is 0.704. The van der Waals surface area contributed by atoms with Gasteiger partial charge >= 0.3 is 5.97 Å². The monoisotopic (exact) mass is 314 g/mol. The first-order valence-corrected chi connectivity index (χ1v) is 7.86. The summed E-state index contributed by atoms with van der Waals surface area (Å²) in [5.74, 6) is -1.21. The number of hydrogen-bond acceptors (Lipinski definition) is 5. The van der Waals surface area contributed by atoms with Gasteiger partial charge in [0.1, 0.15) is 0 Å². The zero-order chi connectivity index (χ0) is 15.9. The molecule has 8 heteroatoms. The van der Waals surface area contributed by atoms with Crippen molar-refractivity contribution in [2.45, 2.75) is 18.2 Å². The Kier molecular flexibility index (Phi) is 6.32. The summed E-state index contributed by atoms with van der Waals surface area (Å²) in [7, 11) is -2.23. The molecule has 0 fully saturated rings. The van der Waals surface area contributed by atoms with Crippen molar-refractivity contribution < 1.29 is 22.7 Å². The van der Waals surface area contributed by atoms with Crippen molar-refractivity contribution in [2.24, 2.45) is 0 Å². The number of rotatable bonds is 7. The summed E-state index contributed by atoms with van der Waals surface area (Å²) in [4.78, 5) is 22.7. The van der Waals surface area contributed by atoms with E-state index in [0.29, 0.717) is 13.0 Å². The van der Waals surface area contributed by atoms with Gasteiger partial charge in [0.05, 0.1) is 10.5 Å². The molecule has 0 atom stereocenters. The molecule has 0 heterocycles. The van der Waals surface area contributed by atoms with Gasteiger partial charge in [0.15, 0.2) is 6.61 Å². The van der Waals surface area contributed by atoms with Crippen LogP contribution in [0.4, 0.5) is 0 Å². The Morgan fingerprint density at radius 2 is 2.00 bits per heavy atom. The van der Waals surface area contributed by atoms with E-state index >= 15 is 0 Å². The number of carbonyl (C=O) groups excluding carboxylic acids is 2. The molecule has 0 aliphatic rings. The molecule has 2 N–H and O–H groups in total. The second-order valence-corrected chi connectivity index (χ2v) is 5.94. The molecule has 0 saturated heterocycles. The maximum Gasteiger partial charge on any atom is 0.338 e. The SMILES string of the molecule is CCCNS(=O)(=O)c1cccc(C(=O)OCC(=O)NC)c1.